The van der Waals surface area contributed by atoms with Gasteiger partial charge in [0, 0.05) is 18.5 Å². The fourth-order valence-electron chi connectivity index (χ4n) is 4.54. The number of nitrogens with zero attached hydrogens (tertiary/aromatic N) is 2. The van der Waals surface area contributed by atoms with Crippen LogP contribution in [0.4, 0.5) is 0 Å². The maximum atomic E-state index is 13.7. The van der Waals surface area contributed by atoms with Gasteiger partial charge in [0.25, 0.3) is 5.56 Å². The summed E-state index contributed by atoms with van der Waals surface area (Å²) in [6.07, 6.45) is 1.12. The van der Waals surface area contributed by atoms with E-state index >= 15 is 0 Å². The summed E-state index contributed by atoms with van der Waals surface area (Å²) in [6.45, 7) is 4.47. The first-order chi connectivity index (χ1) is 17.5. The number of nitrogens with one attached hydrogen (secondary N) is 1. The molecule has 3 aromatic carbocycles. The summed E-state index contributed by atoms with van der Waals surface area (Å²) in [7, 11) is 1.59. The first-order valence-electron chi connectivity index (χ1n) is 12.0. The zero-order valence-electron chi connectivity index (χ0n) is 20.7. The number of amides is 1. The van der Waals surface area contributed by atoms with Gasteiger partial charge in [-0.3, -0.25) is 9.59 Å². The third kappa shape index (κ3) is 4.40. The van der Waals surface area contributed by atoms with Gasteiger partial charge in [0.2, 0.25) is 11.8 Å². The van der Waals surface area contributed by atoms with Crippen LogP contribution in [0.3, 0.4) is 0 Å². The summed E-state index contributed by atoms with van der Waals surface area (Å²) in [4.78, 5) is 26.7. The Bertz CT molecular complexity index is 1480. The highest BCUT2D eigenvalue weighted by Gasteiger charge is 2.30. The standard InChI is InChI=1S/C29H29N3O4/c1-19-12-13-23(16-20(19)2)32-28(34)24-17-22-10-7-11-25(35-3)27(22)36-29(24)31(32)18-26(33)30-15-14-21-8-5-4-6-9-21/h4-13,16H,14-15,17-18H2,1-3H3,(H,30,33). The van der Waals surface area contributed by atoms with Gasteiger partial charge in [-0.2, -0.15) is 0 Å². The topological polar surface area (TPSA) is 74.5 Å². The molecule has 1 N–H and O–H groups in total. The van der Waals surface area contributed by atoms with Crippen LogP contribution in [-0.4, -0.2) is 28.9 Å². The number of aromatic nitrogens is 2. The molecule has 0 bridgehead atoms. The number of rotatable bonds is 7. The number of methoxy groups -OCH3 is 1. The number of ether oxygens (including phenoxy) is 2. The van der Waals surface area contributed by atoms with E-state index in [4.69, 9.17) is 9.47 Å². The number of carbonyl (C=O) groups excluding carboxylic acids is 1. The van der Waals surface area contributed by atoms with Crippen LogP contribution in [0.1, 0.15) is 27.8 Å². The van der Waals surface area contributed by atoms with E-state index in [2.05, 4.69) is 5.32 Å². The van der Waals surface area contributed by atoms with E-state index < -0.39 is 0 Å². The molecule has 0 atom stereocenters. The molecule has 4 aromatic rings. The monoisotopic (exact) mass is 483 g/mol. The molecule has 1 amide bonds. The van der Waals surface area contributed by atoms with E-state index in [1.54, 1.807) is 16.5 Å². The van der Waals surface area contributed by atoms with Crippen molar-refractivity contribution < 1.29 is 14.3 Å². The van der Waals surface area contributed by atoms with Gasteiger partial charge < -0.3 is 14.8 Å². The molecule has 5 rings (SSSR count). The summed E-state index contributed by atoms with van der Waals surface area (Å²) in [5, 5.41) is 2.98. The zero-order valence-corrected chi connectivity index (χ0v) is 20.7. The van der Waals surface area contributed by atoms with Gasteiger partial charge in [-0.15, -0.1) is 0 Å². The second-order valence-electron chi connectivity index (χ2n) is 9.04. The first kappa shape index (κ1) is 23.5. The smallest absolute Gasteiger partial charge is 0.278 e. The van der Waals surface area contributed by atoms with Crippen molar-refractivity contribution in [3.05, 3.63) is 105 Å². The highest BCUT2D eigenvalue weighted by Crippen LogP contribution is 2.41. The second-order valence-corrected chi connectivity index (χ2v) is 9.04. The molecule has 0 spiro atoms. The molecule has 0 radical (unpaired) electrons. The van der Waals surface area contributed by atoms with E-state index in [1.165, 1.54) is 0 Å². The molecule has 1 aliphatic rings. The summed E-state index contributed by atoms with van der Waals surface area (Å²) < 4.78 is 15.0. The Morgan fingerprint density at radius 3 is 2.58 bits per heavy atom. The molecular formula is C29H29N3O4. The molecule has 0 saturated carbocycles. The molecule has 1 aliphatic heterocycles. The second kappa shape index (κ2) is 9.77. The van der Waals surface area contributed by atoms with Crippen LogP contribution < -0.4 is 20.3 Å². The van der Waals surface area contributed by atoms with Crippen molar-refractivity contribution in [2.45, 2.75) is 33.2 Å². The molecule has 0 saturated heterocycles. The Hall–Kier alpha value is -4.26. The predicted octanol–water partition coefficient (Wildman–Crippen LogP) is 4.32. The Kier molecular flexibility index (Phi) is 6.38. The quantitative estimate of drug-likeness (QED) is 0.374. The van der Waals surface area contributed by atoms with Gasteiger partial charge >= 0.3 is 0 Å². The Balaban J connectivity index is 1.51. The third-order valence-electron chi connectivity index (χ3n) is 6.64. The van der Waals surface area contributed by atoms with Crippen molar-refractivity contribution >= 4 is 5.91 Å². The number of hydrogen-bond donors (Lipinski definition) is 1. The Morgan fingerprint density at radius 1 is 1.03 bits per heavy atom. The number of benzene rings is 3. The van der Waals surface area contributed by atoms with Gasteiger partial charge in [-0.1, -0.05) is 48.5 Å². The SMILES string of the molecule is COc1cccc2c1Oc1c(c(=O)n(-c3ccc(C)c(C)c3)n1CC(=O)NCCc1ccccc1)C2. The molecule has 7 nitrogen and oxygen atoms in total. The summed E-state index contributed by atoms with van der Waals surface area (Å²) in [5.41, 5.74) is 5.22. The summed E-state index contributed by atoms with van der Waals surface area (Å²) in [5.74, 6) is 1.33. The van der Waals surface area contributed by atoms with Crippen LogP contribution in [0, 0.1) is 13.8 Å². The minimum Gasteiger partial charge on any atom is -0.493 e. The maximum absolute atomic E-state index is 13.7. The van der Waals surface area contributed by atoms with E-state index in [0.29, 0.717) is 41.6 Å². The van der Waals surface area contributed by atoms with Gasteiger partial charge in [0.15, 0.2) is 11.5 Å². The van der Waals surface area contributed by atoms with Crippen molar-refractivity contribution in [3.8, 4) is 23.1 Å². The van der Waals surface area contributed by atoms with Gasteiger partial charge in [0.05, 0.1) is 18.4 Å². The van der Waals surface area contributed by atoms with Crippen molar-refractivity contribution in [2.24, 2.45) is 0 Å². The van der Waals surface area contributed by atoms with Crippen LogP contribution >= 0.6 is 0 Å². The first-order valence-corrected chi connectivity index (χ1v) is 12.0. The molecule has 184 valence electrons. The largest absolute Gasteiger partial charge is 0.493 e. The van der Waals surface area contributed by atoms with Crippen LogP contribution in [0.25, 0.3) is 5.69 Å². The lowest BCUT2D eigenvalue weighted by Crippen LogP contribution is -2.32. The minimum absolute atomic E-state index is 0.0588. The molecular weight excluding hydrogens is 454 g/mol. The summed E-state index contributed by atoms with van der Waals surface area (Å²) >= 11 is 0. The number of para-hydroxylation sites is 1. The van der Waals surface area contributed by atoms with Gasteiger partial charge in [0.1, 0.15) is 6.54 Å². The van der Waals surface area contributed by atoms with Crippen LogP contribution in [-0.2, 0) is 24.2 Å². The normalized spacial score (nSPS) is 11.9. The highest BCUT2D eigenvalue weighted by atomic mass is 16.5. The molecule has 0 fully saturated rings. The van der Waals surface area contributed by atoms with Crippen molar-refractivity contribution in [1.29, 1.82) is 0 Å². The lowest BCUT2D eigenvalue weighted by molar-refractivity contribution is -0.122. The number of aryl methyl sites for hydroxylation is 2. The molecule has 36 heavy (non-hydrogen) atoms. The van der Waals surface area contributed by atoms with Crippen LogP contribution in [0.2, 0.25) is 0 Å². The fourth-order valence-corrected chi connectivity index (χ4v) is 4.54. The number of fused-ring (bicyclic) bond motifs is 2. The lowest BCUT2D eigenvalue weighted by Gasteiger charge is -2.21. The molecule has 2 heterocycles. The van der Waals surface area contributed by atoms with Crippen molar-refractivity contribution in [3.63, 3.8) is 0 Å². The van der Waals surface area contributed by atoms with Crippen molar-refractivity contribution in [1.82, 2.24) is 14.7 Å². The number of hydrogen-bond acceptors (Lipinski definition) is 4. The van der Waals surface area contributed by atoms with Gasteiger partial charge in [-0.25, -0.2) is 9.36 Å². The molecule has 7 heteroatoms. The van der Waals surface area contributed by atoms with Crippen molar-refractivity contribution in [2.75, 3.05) is 13.7 Å². The maximum Gasteiger partial charge on any atom is 0.278 e. The summed E-state index contributed by atoms with van der Waals surface area (Å²) in [6, 6.07) is 21.5. The van der Waals surface area contributed by atoms with Crippen LogP contribution in [0.15, 0.2) is 71.5 Å². The van der Waals surface area contributed by atoms with E-state index in [0.717, 1.165) is 28.7 Å². The fraction of sp³-hybridized carbons (Fsp3) is 0.241. The van der Waals surface area contributed by atoms with Crippen LogP contribution in [0.5, 0.6) is 17.4 Å². The Morgan fingerprint density at radius 2 is 1.83 bits per heavy atom. The van der Waals surface area contributed by atoms with Gasteiger partial charge in [-0.05, 0) is 55.2 Å². The Labute approximate surface area is 209 Å². The molecule has 1 aromatic heterocycles. The zero-order chi connectivity index (χ0) is 25.2. The van der Waals surface area contributed by atoms with E-state index in [1.807, 2.05) is 80.6 Å². The predicted molar refractivity (Wildman–Crippen MR) is 139 cm³/mol. The van der Waals surface area contributed by atoms with E-state index in [9.17, 15) is 9.59 Å². The van der Waals surface area contributed by atoms with E-state index in [-0.39, 0.29) is 18.0 Å². The average Bonchev–Trinajstić information content (AvgIpc) is 3.15. The average molecular weight is 484 g/mol. The third-order valence-corrected chi connectivity index (χ3v) is 6.64. The number of carbonyl (C=O) groups is 1. The molecule has 0 aliphatic carbocycles. The minimum atomic E-state index is -0.198. The molecule has 0 unspecified atom stereocenters. The highest BCUT2D eigenvalue weighted by molar-refractivity contribution is 5.76. The lowest BCUT2D eigenvalue weighted by atomic mass is 10.0.